The summed E-state index contributed by atoms with van der Waals surface area (Å²) < 4.78 is 0. The lowest BCUT2D eigenvalue weighted by Crippen LogP contribution is -2.52. The van der Waals surface area contributed by atoms with Crippen LogP contribution in [0.2, 0.25) is 0 Å². The molecule has 23 heavy (non-hydrogen) atoms. The van der Waals surface area contributed by atoms with Crippen molar-refractivity contribution in [3.63, 3.8) is 0 Å². The molecule has 4 N–H and O–H groups in total. The Morgan fingerprint density at radius 3 is 1.35 bits per heavy atom. The van der Waals surface area contributed by atoms with Gasteiger partial charge in [-0.25, -0.2) is 0 Å². The van der Waals surface area contributed by atoms with E-state index in [1.54, 1.807) is 27.7 Å². The summed E-state index contributed by atoms with van der Waals surface area (Å²) >= 11 is 0. The van der Waals surface area contributed by atoms with Crippen molar-refractivity contribution in [2.24, 2.45) is 0 Å². The van der Waals surface area contributed by atoms with Crippen molar-refractivity contribution in [2.75, 3.05) is 39.4 Å². The van der Waals surface area contributed by atoms with Crippen LogP contribution in [-0.4, -0.2) is 87.0 Å². The van der Waals surface area contributed by atoms with E-state index in [0.29, 0.717) is 39.0 Å². The Bertz CT molecular complexity index is 276. The Kier molecular flexibility index (Phi) is 10.5. The van der Waals surface area contributed by atoms with Gasteiger partial charge in [-0.15, -0.1) is 0 Å². The molecule has 0 bridgehead atoms. The van der Waals surface area contributed by atoms with Crippen LogP contribution in [0.5, 0.6) is 0 Å². The number of hydrogen-bond acceptors (Lipinski definition) is 6. The molecule has 0 aliphatic carbocycles. The molecular weight excluding hydrogens is 296 g/mol. The standard InChI is InChI=1S/C17H38N2O4/c1-6-15(19(11-13-20)12-14-21)18(9-7-16(2,3)22)10-8-17(4,5)23/h15,20-23H,6-14H2,1-5H3. The van der Waals surface area contributed by atoms with Crippen molar-refractivity contribution in [1.29, 1.82) is 0 Å². The molecule has 0 aromatic carbocycles. The number of rotatable bonds is 13. The zero-order valence-corrected chi connectivity index (χ0v) is 15.6. The minimum Gasteiger partial charge on any atom is -0.395 e. The highest BCUT2D eigenvalue weighted by Crippen LogP contribution is 2.18. The molecule has 0 heterocycles. The van der Waals surface area contributed by atoms with Gasteiger partial charge in [0, 0.05) is 26.2 Å². The molecule has 0 aromatic rings. The van der Waals surface area contributed by atoms with Gasteiger partial charge in [0.15, 0.2) is 0 Å². The summed E-state index contributed by atoms with van der Waals surface area (Å²) in [7, 11) is 0. The minimum absolute atomic E-state index is 0.0430. The predicted molar refractivity (Wildman–Crippen MR) is 93.2 cm³/mol. The van der Waals surface area contributed by atoms with Gasteiger partial charge in [-0.1, -0.05) is 6.92 Å². The van der Waals surface area contributed by atoms with Crippen LogP contribution in [0.4, 0.5) is 0 Å². The number of hydrogen-bond donors (Lipinski definition) is 4. The maximum Gasteiger partial charge on any atom is 0.0621 e. The van der Waals surface area contributed by atoms with E-state index in [1.807, 2.05) is 0 Å². The van der Waals surface area contributed by atoms with Gasteiger partial charge in [-0.2, -0.15) is 0 Å². The third-order valence-corrected chi connectivity index (χ3v) is 4.00. The van der Waals surface area contributed by atoms with Crippen molar-refractivity contribution >= 4 is 0 Å². The van der Waals surface area contributed by atoms with E-state index in [0.717, 1.165) is 6.42 Å². The average molecular weight is 335 g/mol. The number of nitrogens with zero attached hydrogens (tertiary/aromatic N) is 2. The molecule has 1 unspecified atom stereocenters. The summed E-state index contributed by atoms with van der Waals surface area (Å²) in [5.74, 6) is 0. The third kappa shape index (κ3) is 11.0. The zero-order valence-electron chi connectivity index (χ0n) is 15.6. The Morgan fingerprint density at radius 1 is 0.739 bits per heavy atom. The molecule has 0 spiro atoms. The molecule has 0 radical (unpaired) electrons. The Hall–Kier alpha value is -0.240. The van der Waals surface area contributed by atoms with Crippen LogP contribution in [-0.2, 0) is 0 Å². The topological polar surface area (TPSA) is 87.4 Å². The van der Waals surface area contributed by atoms with Crippen LogP contribution < -0.4 is 0 Å². The largest absolute Gasteiger partial charge is 0.395 e. The van der Waals surface area contributed by atoms with Gasteiger partial charge in [0.25, 0.3) is 0 Å². The molecule has 0 aliphatic rings. The van der Waals surface area contributed by atoms with Crippen LogP contribution in [0.3, 0.4) is 0 Å². The van der Waals surface area contributed by atoms with E-state index in [4.69, 9.17) is 0 Å². The summed E-state index contributed by atoms with van der Waals surface area (Å²) in [5.41, 5.74) is -1.49. The molecule has 140 valence electrons. The van der Waals surface area contributed by atoms with Crippen LogP contribution >= 0.6 is 0 Å². The average Bonchev–Trinajstić information content (AvgIpc) is 2.40. The summed E-state index contributed by atoms with van der Waals surface area (Å²) in [6.45, 7) is 11.7. The van der Waals surface area contributed by atoms with Crippen molar-refractivity contribution in [2.45, 2.75) is 71.2 Å². The second-order valence-electron chi connectivity index (χ2n) is 7.53. The van der Waals surface area contributed by atoms with Gasteiger partial charge < -0.3 is 20.4 Å². The SMILES string of the molecule is CCC(N(CCO)CCO)N(CCC(C)(C)O)CCC(C)(C)O. The Labute approximate surface area is 141 Å². The zero-order chi connectivity index (χ0) is 18.1. The Morgan fingerprint density at radius 2 is 1.09 bits per heavy atom. The molecular formula is C17H38N2O4. The first kappa shape index (κ1) is 22.8. The second-order valence-corrected chi connectivity index (χ2v) is 7.53. The fraction of sp³-hybridized carbons (Fsp3) is 1.00. The van der Waals surface area contributed by atoms with Gasteiger partial charge >= 0.3 is 0 Å². The van der Waals surface area contributed by atoms with Gasteiger partial charge in [-0.3, -0.25) is 9.80 Å². The quantitative estimate of drug-likeness (QED) is 0.370. The van der Waals surface area contributed by atoms with Gasteiger partial charge in [0.2, 0.25) is 0 Å². The number of aliphatic hydroxyl groups excluding tert-OH is 2. The lowest BCUT2D eigenvalue weighted by Gasteiger charge is -2.40. The van der Waals surface area contributed by atoms with Crippen molar-refractivity contribution in [3.8, 4) is 0 Å². The van der Waals surface area contributed by atoms with Crippen LogP contribution in [0, 0.1) is 0 Å². The molecule has 0 aromatic heterocycles. The fourth-order valence-corrected chi connectivity index (χ4v) is 2.66. The van der Waals surface area contributed by atoms with Crippen molar-refractivity contribution in [3.05, 3.63) is 0 Å². The van der Waals surface area contributed by atoms with E-state index in [-0.39, 0.29) is 19.4 Å². The normalized spacial score (nSPS) is 14.7. The van der Waals surface area contributed by atoms with Crippen molar-refractivity contribution in [1.82, 2.24) is 9.80 Å². The lowest BCUT2D eigenvalue weighted by molar-refractivity contribution is -0.0177. The maximum absolute atomic E-state index is 10.0. The monoisotopic (exact) mass is 334 g/mol. The molecule has 6 heteroatoms. The summed E-state index contributed by atoms with van der Waals surface area (Å²) in [6, 6.07) is 0. The smallest absolute Gasteiger partial charge is 0.0621 e. The van der Waals surface area contributed by atoms with E-state index in [2.05, 4.69) is 16.7 Å². The summed E-state index contributed by atoms with van der Waals surface area (Å²) in [5, 5.41) is 38.6. The second kappa shape index (κ2) is 10.6. The molecule has 0 saturated carbocycles. The lowest BCUT2D eigenvalue weighted by atomic mass is 10.0. The van der Waals surface area contributed by atoms with Gasteiger partial charge in [0.1, 0.15) is 0 Å². The van der Waals surface area contributed by atoms with Crippen LogP contribution in [0.25, 0.3) is 0 Å². The molecule has 0 aliphatic heterocycles. The van der Waals surface area contributed by atoms with E-state index in [9.17, 15) is 20.4 Å². The fourth-order valence-electron chi connectivity index (χ4n) is 2.66. The summed E-state index contributed by atoms with van der Waals surface area (Å²) in [4.78, 5) is 4.30. The first-order chi connectivity index (χ1) is 10.5. The predicted octanol–water partition coefficient (Wildman–Crippen LogP) is 0.633. The van der Waals surface area contributed by atoms with Crippen molar-refractivity contribution < 1.29 is 20.4 Å². The van der Waals surface area contributed by atoms with Gasteiger partial charge in [-0.05, 0) is 47.0 Å². The van der Waals surface area contributed by atoms with Gasteiger partial charge in [0.05, 0.1) is 30.6 Å². The minimum atomic E-state index is -0.746. The first-order valence-electron chi connectivity index (χ1n) is 8.68. The molecule has 0 saturated heterocycles. The van der Waals surface area contributed by atoms with E-state index in [1.165, 1.54) is 0 Å². The Balaban J connectivity index is 5.05. The maximum atomic E-state index is 10.0. The molecule has 0 fully saturated rings. The summed E-state index contributed by atoms with van der Waals surface area (Å²) in [6.07, 6.45) is 2.17. The molecule has 6 nitrogen and oxygen atoms in total. The highest BCUT2D eigenvalue weighted by atomic mass is 16.3. The molecule has 0 amide bonds. The van der Waals surface area contributed by atoms with E-state index >= 15 is 0 Å². The van der Waals surface area contributed by atoms with Crippen LogP contribution in [0.15, 0.2) is 0 Å². The molecule has 0 rings (SSSR count). The third-order valence-electron chi connectivity index (χ3n) is 4.00. The molecule has 1 atom stereocenters. The highest BCUT2D eigenvalue weighted by Gasteiger charge is 2.26. The first-order valence-corrected chi connectivity index (χ1v) is 8.68. The van der Waals surface area contributed by atoms with E-state index < -0.39 is 11.2 Å². The highest BCUT2D eigenvalue weighted by molar-refractivity contribution is 4.78. The number of aliphatic hydroxyl groups is 4. The van der Waals surface area contributed by atoms with Crippen LogP contribution in [0.1, 0.15) is 53.9 Å².